The van der Waals surface area contributed by atoms with E-state index in [4.69, 9.17) is 17.3 Å². The molecule has 0 fully saturated rings. The molecule has 0 atom stereocenters. The second-order valence-electron chi connectivity index (χ2n) is 1.61. The first-order valence-corrected chi connectivity index (χ1v) is 2.96. The topological polar surface area (TPSA) is 69.1 Å². The standard InChI is InChI=1S/C5H5ClN2O2/c6-5-8-3(2-10-5)4(9)1-7/h2H,1,7H2. The van der Waals surface area contributed by atoms with Crippen LogP contribution in [0.15, 0.2) is 10.7 Å². The molecule has 0 bridgehead atoms. The van der Waals surface area contributed by atoms with Gasteiger partial charge < -0.3 is 10.2 Å². The van der Waals surface area contributed by atoms with Crippen LogP contribution in [0.4, 0.5) is 0 Å². The van der Waals surface area contributed by atoms with Gasteiger partial charge in [-0.1, -0.05) is 0 Å². The van der Waals surface area contributed by atoms with Crippen LogP contribution in [-0.4, -0.2) is 17.3 Å². The Balaban J connectivity index is 2.85. The van der Waals surface area contributed by atoms with E-state index in [1.54, 1.807) is 0 Å². The highest BCUT2D eigenvalue weighted by atomic mass is 35.5. The molecular formula is C5H5ClN2O2. The maximum absolute atomic E-state index is 10.7. The fraction of sp³-hybridized carbons (Fsp3) is 0.200. The molecule has 0 aliphatic carbocycles. The van der Waals surface area contributed by atoms with Gasteiger partial charge in [-0.05, 0) is 11.6 Å². The molecule has 54 valence electrons. The largest absolute Gasteiger partial charge is 0.435 e. The van der Waals surface area contributed by atoms with Crippen LogP contribution in [0.3, 0.4) is 0 Å². The van der Waals surface area contributed by atoms with E-state index >= 15 is 0 Å². The maximum Gasteiger partial charge on any atom is 0.292 e. The Morgan fingerprint density at radius 2 is 2.60 bits per heavy atom. The zero-order valence-electron chi connectivity index (χ0n) is 5.00. The van der Waals surface area contributed by atoms with Gasteiger partial charge in [0.25, 0.3) is 5.35 Å². The van der Waals surface area contributed by atoms with E-state index in [-0.39, 0.29) is 23.4 Å². The predicted octanol–water partition coefficient (Wildman–Crippen LogP) is 0.469. The number of halogens is 1. The molecule has 4 nitrogen and oxygen atoms in total. The Morgan fingerprint density at radius 3 is 3.00 bits per heavy atom. The molecule has 1 rings (SSSR count). The van der Waals surface area contributed by atoms with E-state index in [2.05, 4.69) is 9.40 Å². The molecule has 2 N–H and O–H groups in total. The van der Waals surface area contributed by atoms with E-state index in [9.17, 15) is 4.79 Å². The van der Waals surface area contributed by atoms with Gasteiger partial charge in [-0.25, -0.2) is 0 Å². The van der Waals surface area contributed by atoms with Crippen molar-refractivity contribution in [1.82, 2.24) is 4.98 Å². The molecule has 0 aliphatic rings. The van der Waals surface area contributed by atoms with Gasteiger partial charge in [0.2, 0.25) is 0 Å². The first-order chi connectivity index (χ1) is 4.74. The molecule has 0 radical (unpaired) electrons. The van der Waals surface area contributed by atoms with Crippen molar-refractivity contribution in [1.29, 1.82) is 0 Å². The van der Waals surface area contributed by atoms with Gasteiger partial charge >= 0.3 is 0 Å². The van der Waals surface area contributed by atoms with Crippen molar-refractivity contribution in [3.05, 3.63) is 17.3 Å². The summed E-state index contributed by atoms with van der Waals surface area (Å²) in [4.78, 5) is 14.3. The fourth-order valence-electron chi connectivity index (χ4n) is 0.484. The van der Waals surface area contributed by atoms with Crippen LogP contribution in [0.2, 0.25) is 5.35 Å². The summed E-state index contributed by atoms with van der Waals surface area (Å²) in [6.45, 7) is -0.0805. The molecule has 0 saturated heterocycles. The zero-order valence-corrected chi connectivity index (χ0v) is 5.76. The summed E-state index contributed by atoms with van der Waals surface area (Å²) in [5.74, 6) is -0.282. The highest BCUT2D eigenvalue weighted by Crippen LogP contribution is 2.06. The number of nitrogens with zero attached hydrogens (tertiary/aromatic N) is 1. The second-order valence-corrected chi connectivity index (χ2v) is 1.94. The monoisotopic (exact) mass is 160 g/mol. The Kier molecular flexibility index (Phi) is 2.03. The average molecular weight is 161 g/mol. The summed E-state index contributed by atoms with van der Waals surface area (Å²) in [6.07, 6.45) is 1.18. The summed E-state index contributed by atoms with van der Waals surface area (Å²) in [5, 5.41) is -0.0446. The number of carbonyl (C=O) groups is 1. The van der Waals surface area contributed by atoms with Gasteiger partial charge in [0.1, 0.15) is 12.0 Å². The maximum atomic E-state index is 10.7. The lowest BCUT2D eigenvalue weighted by Crippen LogP contribution is -2.13. The van der Waals surface area contributed by atoms with Gasteiger partial charge in [0.15, 0.2) is 5.78 Å². The lowest BCUT2D eigenvalue weighted by atomic mass is 10.3. The van der Waals surface area contributed by atoms with Crippen LogP contribution < -0.4 is 5.73 Å². The summed E-state index contributed by atoms with van der Waals surface area (Å²) >= 11 is 5.29. The van der Waals surface area contributed by atoms with Gasteiger partial charge in [0, 0.05) is 0 Å². The van der Waals surface area contributed by atoms with Crippen LogP contribution in [0.5, 0.6) is 0 Å². The van der Waals surface area contributed by atoms with Crippen LogP contribution in [0.25, 0.3) is 0 Å². The van der Waals surface area contributed by atoms with Crippen molar-refractivity contribution in [3.8, 4) is 0 Å². The summed E-state index contributed by atoms with van der Waals surface area (Å²) in [6, 6.07) is 0. The predicted molar refractivity (Wildman–Crippen MR) is 34.9 cm³/mol. The Bertz CT molecular complexity index is 246. The summed E-state index contributed by atoms with van der Waals surface area (Å²) in [7, 11) is 0. The fourth-order valence-corrected chi connectivity index (χ4v) is 0.620. The molecule has 1 heterocycles. The number of ketones is 1. The van der Waals surface area contributed by atoms with Gasteiger partial charge in [-0.2, -0.15) is 4.98 Å². The van der Waals surface area contributed by atoms with Gasteiger partial charge in [-0.15, -0.1) is 0 Å². The SMILES string of the molecule is NCC(=O)c1coc(Cl)n1. The lowest BCUT2D eigenvalue weighted by molar-refractivity contribution is 0.0996. The number of hydrogen-bond acceptors (Lipinski definition) is 4. The summed E-state index contributed by atoms with van der Waals surface area (Å²) < 4.78 is 4.57. The Morgan fingerprint density at radius 1 is 1.90 bits per heavy atom. The quantitative estimate of drug-likeness (QED) is 0.639. The van der Waals surface area contributed by atoms with Crippen molar-refractivity contribution in [3.63, 3.8) is 0 Å². The van der Waals surface area contributed by atoms with Crippen molar-refractivity contribution < 1.29 is 9.21 Å². The number of carbonyl (C=O) groups excluding carboxylic acids is 1. The third-order valence-corrected chi connectivity index (χ3v) is 1.12. The van der Waals surface area contributed by atoms with E-state index in [1.165, 1.54) is 6.26 Å². The Hall–Kier alpha value is -0.870. The first-order valence-electron chi connectivity index (χ1n) is 2.58. The van der Waals surface area contributed by atoms with Crippen LogP contribution >= 0.6 is 11.6 Å². The third kappa shape index (κ3) is 1.34. The van der Waals surface area contributed by atoms with Crippen LogP contribution in [0.1, 0.15) is 10.5 Å². The zero-order chi connectivity index (χ0) is 7.56. The molecule has 1 aromatic heterocycles. The number of nitrogens with two attached hydrogens (primary N) is 1. The average Bonchev–Trinajstić information content (AvgIpc) is 2.34. The highest BCUT2D eigenvalue weighted by molar-refractivity contribution is 6.27. The molecule has 10 heavy (non-hydrogen) atoms. The van der Waals surface area contributed by atoms with Crippen molar-refractivity contribution in [2.45, 2.75) is 0 Å². The van der Waals surface area contributed by atoms with E-state index in [0.29, 0.717) is 0 Å². The van der Waals surface area contributed by atoms with Gasteiger partial charge in [0.05, 0.1) is 6.54 Å². The molecule has 0 saturated carbocycles. The Labute approximate surface area is 62.0 Å². The highest BCUT2D eigenvalue weighted by Gasteiger charge is 2.07. The normalized spacial score (nSPS) is 9.80. The van der Waals surface area contributed by atoms with Crippen molar-refractivity contribution >= 4 is 17.4 Å². The van der Waals surface area contributed by atoms with Crippen LogP contribution in [0, 0.1) is 0 Å². The molecular weight excluding hydrogens is 156 g/mol. The number of rotatable bonds is 2. The molecule has 0 unspecified atom stereocenters. The van der Waals surface area contributed by atoms with Gasteiger partial charge in [-0.3, -0.25) is 4.79 Å². The van der Waals surface area contributed by atoms with E-state index in [0.717, 1.165) is 0 Å². The number of oxazole rings is 1. The lowest BCUT2D eigenvalue weighted by Gasteiger charge is -1.84. The minimum Gasteiger partial charge on any atom is -0.435 e. The molecule has 1 aromatic rings. The number of aromatic nitrogens is 1. The molecule has 0 aromatic carbocycles. The smallest absolute Gasteiger partial charge is 0.292 e. The number of Topliss-reactive ketones (excluding diaryl/α,β-unsaturated/α-hetero) is 1. The molecule has 0 amide bonds. The van der Waals surface area contributed by atoms with E-state index in [1.807, 2.05) is 0 Å². The minimum absolute atomic E-state index is 0.0446. The molecule has 0 spiro atoms. The van der Waals surface area contributed by atoms with Crippen molar-refractivity contribution in [2.75, 3.05) is 6.54 Å². The second kappa shape index (κ2) is 2.81. The third-order valence-electron chi connectivity index (χ3n) is 0.947. The summed E-state index contributed by atoms with van der Waals surface area (Å²) in [5.41, 5.74) is 5.21. The van der Waals surface area contributed by atoms with Crippen molar-refractivity contribution in [2.24, 2.45) is 5.73 Å². The molecule has 5 heteroatoms. The minimum atomic E-state index is -0.282. The van der Waals surface area contributed by atoms with E-state index < -0.39 is 0 Å². The van der Waals surface area contributed by atoms with Crippen LogP contribution in [-0.2, 0) is 0 Å². The number of hydrogen-bond donors (Lipinski definition) is 1. The first kappa shape index (κ1) is 7.24. The molecule has 0 aliphatic heterocycles.